The lowest BCUT2D eigenvalue weighted by molar-refractivity contribution is -0.123. The SMILES string of the molecule is O=C(NCC(F)(F)F)c1ccc(NC(=O)c2n[nH]c3ccccc23)cc1. The predicted octanol–water partition coefficient (Wildman–Crippen LogP) is 3.11. The molecule has 1 aromatic heterocycles. The number of alkyl halides is 3. The molecule has 0 spiro atoms. The number of halogens is 3. The first-order valence-corrected chi connectivity index (χ1v) is 7.53. The zero-order chi connectivity index (χ0) is 18.7. The van der Waals surface area contributed by atoms with Crippen LogP contribution in [-0.4, -0.2) is 34.7 Å². The van der Waals surface area contributed by atoms with Crippen LogP contribution in [-0.2, 0) is 0 Å². The maximum Gasteiger partial charge on any atom is 0.405 e. The second-order valence-corrected chi connectivity index (χ2v) is 5.45. The Morgan fingerprint density at radius 2 is 1.69 bits per heavy atom. The third-order valence-electron chi connectivity index (χ3n) is 3.54. The van der Waals surface area contributed by atoms with Crippen LogP contribution in [0.2, 0.25) is 0 Å². The van der Waals surface area contributed by atoms with Gasteiger partial charge in [0.15, 0.2) is 5.69 Å². The molecule has 0 atom stereocenters. The van der Waals surface area contributed by atoms with Crippen molar-refractivity contribution in [2.45, 2.75) is 6.18 Å². The molecule has 0 saturated heterocycles. The van der Waals surface area contributed by atoms with Gasteiger partial charge < -0.3 is 10.6 Å². The molecule has 0 fully saturated rings. The van der Waals surface area contributed by atoms with Crippen LogP contribution in [0.15, 0.2) is 48.5 Å². The Labute approximate surface area is 145 Å². The highest BCUT2D eigenvalue weighted by molar-refractivity contribution is 6.11. The van der Waals surface area contributed by atoms with E-state index in [4.69, 9.17) is 0 Å². The molecule has 134 valence electrons. The fraction of sp³-hybridized carbons (Fsp3) is 0.118. The van der Waals surface area contributed by atoms with Gasteiger partial charge in [0, 0.05) is 16.6 Å². The topological polar surface area (TPSA) is 86.9 Å². The summed E-state index contributed by atoms with van der Waals surface area (Å²) in [4.78, 5) is 24.0. The molecule has 26 heavy (non-hydrogen) atoms. The van der Waals surface area contributed by atoms with E-state index < -0.39 is 24.5 Å². The van der Waals surface area contributed by atoms with Crippen LogP contribution in [0, 0.1) is 0 Å². The molecule has 0 saturated carbocycles. The minimum atomic E-state index is -4.48. The van der Waals surface area contributed by atoms with Gasteiger partial charge in [-0.2, -0.15) is 18.3 Å². The molecule has 1 heterocycles. The summed E-state index contributed by atoms with van der Waals surface area (Å²) < 4.78 is 36.3. The van der Waals surface area contributed by atoms with E-state index in [0.29, 0.717) is 16.6 Å². The quantitative estimate of drug-likeness (QED) is 0.667. The number of hydrogen-bond acceptors (Lipinski definition) is 3. The molecule has 6 nitrogen and oxygen atoms in total. The number of rotatable bonds is 4. The molecule has 3 N–H and O–H groups in total. The number of hydrogen-bond donors (Lipinski definition) is 3. The molecule has 0 aliphatic heterocycles. The van der Waals surface area contributed by atoms with E-state index in [2.05, 4.69) is 15.5 Å². The van der Waals surface area contributed by atoms with E-state index in [1.807, 2.05) is 6.07 Å². The number of carbonyl (C=O) groups is 2. The van der Waals surface area contributed by atoms with E-state index in [0.717, 1.165) is 0 Å². The number of H-pyrrole nitrogens is 1. The summed E-state index contributed by atoms with van der Waals surface area (Å²) >= 11 is 0. The number of aromatic amines is 1. The zero-order valence-electron chi connectivity index (χ0n) is 13.2. The van der Waals surface area contributed by atoms with Gasteiger partial charge >= 0.3 is 6.18 Å². The van der Waals surface area contributed by atoms with Crippen molar-refractivity contribution in [3.63, 3.8) is 0 Å². The van der Waals surface area contributed by atoms with Gasteiger partial charge in [-0.3, -0.25) is 14.7 Å². The highest BCUT2D eigenvalue weighted by atomic mass is 19.4. The minimum Gasteiger partial charge on any atom is -0.343 e. The van der Waals surface area contributed by atoms with Crippen molar-refractivity contribution in [1.29, 1.82) is 0 Å². The van der Waals surface area contributed by atoms with Crippen molar-refractivity contribution in [2.24, 2.45) is 0 Å². The standard InChI is InChI=1S/C17H13F3N4O2/c18-17(19,20)9-21-15(25)10-5-7-11(8-6-10)22-16(26)14-12-3-1-2-4-13(12)23-24-14/h1-8H,9H2,(H,21,25)(H,22,26)(H,23,24). The lowest BCUT2D eigenvalue weighted by Crippen LogP contribution is -2.33. The van der Waals surface area contributed by atoms with Crippen LogP contribution in [0.5, 0.6) is 0 Å². The van der Waals surface area contributed by atoms with Gasteiger partial charge in [-0.15, -0.1) is 0 Å². The molecule has 0 bridgehead atoms. The number of amides is 2. The van der Waals surface area contributed by atoms with Crippen LogP contribution >= 0.6 is 0 Å². The lowest BCUT2D eigenvalue weighted by atomic mass is 10.1. The Balaban J connectivity index is 1.67. The summed E-state index contributed by atoms with van der Waals surface area (Å²) in [5, 5.41) is 11.8. The molecule has 9 heteroatoms. The number of para-hydroxylation sites is 1. The third-order valence-corrected chi connectivity index (χ3v) is 3.54. The number of nitrogens with one attached hydrogen (secondary N) is 3. The van der Waals surface area contributed by atoms with E-state index in [-0.39, 0.29) is 11.3 Å². The second-order valence-electron chi connectivity index (χ2n) is 5.45. The maximum atomic E-state index is 12.3. The summed E-state index contributed by atoms with van der Waals surface area (Å²) in [5.74, 6) is -1.30. The average Bonchev–Trinajstić information content (AvgIpc) is 3.04. The van der Waals surface area contributed by atoms with Crippen molar-refractivity contribution in [3.8, 4) is 0 Å². The lowest BCUT2D eigenvalue weighted by Gasteiger charge is -2.09. The van der Waals surface area contributed by atoms with Gasteiger partial charge in [0.25, 0.3) is 11.8 Å². The number of carbonyl (C=O) groups excluding carboxylic acids is 2. The Bertz CT molecular complexity index is 949. The number of nitrogens with zero attached hydrogens (tertiary/aromatic N) is 1. The molecule has 0 radical (unpaired) electrons. The molecule has 0 aliphatic carbocycles. The number of aromatic nitrogens is 2. The average molecular weight is 362 g/mol. The van der Waals surface area contributed by atoms with E-state index in [1.165, 1.54) is 24.3 Å². The molecule has 0 unspecified atom stereocenters. The molecular weight excluding hydrogens is 349 g/mol. The smallest absolute Gasteiger partial charge is 0.343 e. The number of fused-ring (bicyclic) bond motifs is 1. The Morgan fingerprint density at radius 1 is 1.00 bits per heavy atom. The van der Waals surface area contributed by atoms with Gasteiger partial charge in [0.1, 0.15) is 6.54 Å². The molecule has 0 aliphatic rings. The van der Waals surface area contributed by atoms with Crippen molar-refractivity contribution in [2.75, 3.05) is 11.9 Å². The summed E-state index contributed by atoms with van der Waals surface area (Å²) in [6.45, 7) is -1.41. The Hall–Kier alpha value is -3.36. The number of benzene rings is 2. The zero-order valence-corrected chi connectivity index (χ0v) is 13.2. The van der Waals surface area contributed by atoms with E-state index in [9.17, 15) is 22.8 Å². The molecule has 3 rings (SSSR count). The van der Waals surface area contributed by atoms with E-state index in [1.54, 1.807) is 23.5 Å². The Kier molecular flexibility index (Phi) is 4.61. The monoisotopic (exact) mass is 362 g/mol. The third kappa shape index (κ3) is 4.00. The molecule has 2 amide bonds. The maximum absolute atomic E-state index is 12.3. The molecule has 3 aromatic rings. The van der Waals surface area contributed by atoms with Crippen LogP contribution in [0.25, 0.3) is 10.9 Å². The first-order valence-electron chi connectivity index (χ1n) is 7.53. The van der Waals surface area contributed by atoms with Crippen molar-refractivity contribution < 1.29 is 22.8 Å². The largest absolute Gasteiger partial charge is 0.405 e. The molecular formula is C17H13F3N4O2. The first-order chi connectivity index (χ1) is 12.3. The highest BCUT2D eigenvalue weighted by Gasteiger charge is 2.27. The van der Waals surface area contributed by atoms with Crippen LogP contribution in [0.1, 0.15) is 20.8 Å². The summed E-state index contributed by atoms with van der Waals surface area (Å²) in [6, 6.07) is 12.6. The Morgan fingerprint density at radius 3 is 2.38 bits per heavy atom. The van der Waals surface area contributed by atoms with Crippen molar-refractivity contribution in [3.05, 3.63) is 59.8 Å². The minimum absolute atomic E-state index is 0.0532. The molecule has 2 aromatic carbocycles. The second kappa shape index (κ2) is 6.87. The van der Waals surface area contributed by atoms with E-state index >= 15 is 0 Å². The van der Waals surface area contributed by atoms with Crippen LogP contribution in [0.4, 0.5) is 18.9 Å². The van der Waals surface area contributed by atoms with Gasteiger partial charge in [-0.1, -0.05) is 18.2 Å². The fourth-order valence-corrected chi connectivity index (χ4v) is 2.31. The fourth-order valence-electron chi connectivity index (χ4n) is 2.31. The van der Waals surface area contributed by atoms with Gasteiger partial charge in [0.05, 0.1) is 5.52 Å². The summed E-state index contributed by atoms with van der Waals surface area (Å²) in [7, 11) is 0. The van der Waals surface area contributed by atoms with Gasteiger partial charge in [0.2, 0.25) is 0 Å². The van der Waals surface area contributed by atoms with Crippen LogP contribution in [0.3, 0.4) is 0 Å². The predicted molar refractivity (Wildman–Crippen MR) is 88.9 cm³/mol. The van der Waals surface area contributed by atoms with Gasteiger partial charge in [-0.25, -0.2) is 0 Å². The first kappa shape index (κ1) is 17.5. The normalized spacial score (nSPS) is 11.3. The van der Waals surface area contributed by atoms with Crippen molar-refractivity contribution >= 4 is 28.4 Å². The van der Waals surface area contributed by atoms with Crippen molar-refractivity contribution in [1.82, 2.24) is 15.5 Å². The summed E-state index contributed by atoms with van der Waals surface area (Å²) in [5.41, 5.74) is 1.37. The highest BCUT2D eigenvalue weighted by Crippen LogP contribution is 2.18. The van der Waals surface area contributed by atoms with Crippen LogP contribution < -0.4 is 10.6 Å². The summed E-state index contributed by atoms with van der Waals surface area (Å²) in [6.07, 6.45) is -4.48. The van der Waals surface area contributed by atoms with Gasteiger partial charge in [-0.05, 0) is 30.3 Å². The number of anilines is 1.